The summed E-state index contributed by atoms with van der Waals surface area (Å²) in [5.74, 6) is 0.940. The Labute approximate surface area is 120 Å². The summed E-state index contributed by atoms with van der Waals surface area (Å²) in [5, 5.41) is 1.75. The molecule has 0 amide bonds. The largest absolute Gasteiger partial charge is 0.329 e. The summed E-state index contributed by atoms with van der Waals surface area (Å²) in [5.41, 5.74) is 6.85. The molecule has 1 heterocycles. The molecule has 1 fully saturated rings. The van der Waals surface area contributed by atoms with E-state index in [-0.39, 0.29) is 5.56 Å². The van der Waals surface area contributed by atoms with E-state index >= 15 is 0 Å². The Hall–Kier alpha value is -1.61. The summed E-state index contributed by atoms with van der Waals surface area (Å²) in [6.45, 7) is 4.33. The van der Waals surface area contributed by atoms with E-state index in [1.54, 1.807) is 6.20 Å². The first-order valence-electron chi connectivity index (χ1n) is 7.40. The Morgan fingerprint density at radius 2 is 1.85 bits per heavy atom. The van der Waals surface area contributed by atoms with E-state index in [0.717, 1.165) is 16.7 Å². The molecule has 1 aliphatic rings. The van der Waals surface area contributed by atoms with E-state index in [2.05, 4.69) is 11.9 Å². The number of hydrogen-bond donors (Lipinski definition) is 2. The lowest BCUT2D eigenvalue weighted by Gasteiger charge is -2.22. The predicted octanol–water partition coefficient (Wildman–Crippen LogP) is 3.36. The van der Waals surface area contributed by atoms with Gasteiger partial charge in [0.15, 0.2) is 0 Å². The molecule has 1 aliphatic carbocycles. The van der Waals surface area contributed by atoms with E-state index in [1.807, 2.05) is 31.2 Å². The molecule has 0 bridgehead atoms. The third-order valence-electron chi connectivity index (χ3n) is 3.99. The van der Waals surface area contributed by atoms with E-state index in [4.69, 9.17) is 5.73 Å². The predicted molar refractivity (Wildman–Crippen MR) is 84.9 cm³/mol. The Bertz CT molecular complexity index is 600. The Kier molecular flexibility index (Phi) is 4.96. The molecule has 0 atom stereocenters. The summed E-state index contributed by atoms with van der Waals surface area (Å²) < 4.78 is 0. The van der Waals surface area contributed by atoms with Crippen LogP contribution in [-0.2, 0) is 0 Å². The minimum atomic E-state index is -0.0208. The fourth-order valence-corrected chi connectivity index (χ4v) is 2.60. The second-order valence-corrected chi connectivity index (χ2v) is 5.92. The molecule has 20 heavy (non-hydrogen) atoms. The molecule has 3 rings (SSSR count). The highest BCUT2D eigenvalue weighted by molar-refractivity contribution is 5.81. The van der Waals surface area contributed by atoms with Crippen LogP contribution in [0.1, 0.15) is 38.2 Å². The summed E-state index contributed by atoms with van der Waals surface area (Å²) in [4.78, 5) is 13.9. The first-order chi connectivity index (χ1) is 9.56. The zero-order valence-electron chi connectivity index (χ0n) is 12.4. The zero-order valence-corrected chi connectivity index (χ0v) is 12.4. The highest BCUT2D eigenvalue weighted by Gasteiger charge is 2.13. The lowest BCUT2D eigenvalue weighted by molar-refractivity contribution is 0.348. The van der Waals surface area contributed by atoms with Crippen molar-refractivity contribution in [3.8, 4) is 0 Å². The summed E-state index contributed by atoms with van der Waals surface area (Å²) in [6, 6.07) is 8.22. The molecular weight excluding hydrogens is 248 g/mol. The molecule has 3 heteroatoms. The Balaban J connectivity index is 0.000000160. The van der Waals surface area contributed by atoms with Gasteiger partial charge in [-0.25, -0.2) is 0 Å². The summed E-state index contributed by atoms with van der Waals surface area (Å²) in [6.07, 6.45) is 6.87. The van der Waals surface area contributed by atoms with Gasteiger partial charge in [-0.05, 0) is 56.0 Å². The smallest absolute Gasteiger partial charge is 0.255 e. The molecule has 0 unspecified atom stereocenters. The minimum absolute atomic E-state index is 0.0208. The fraction of sp³-hybridized carbons (Fsp3) is 0.471. The minimum Gasteiger partial charge on any atom is -0.329 e. The molecule has 2 aromatic rings. The van der Waals surface area contributed by atoms with Crippen LogP contribution in [0.3, 0.4) is 0 Å². The lowest BCUT2D eigenvalue weighted by atomic mass is 9.88. The highest BCUT2D eigenvalue weighted by Crippen LogP contribution is 2.21. The normalized spacial score (nSPS) is 22.1. The zero-order chi connectivity index (χ0) is 14.5. The van der Waals surface area contributed by atoms with E-state index in [9.17, 15) is 4.79 Å². The van der Waals surface area contributed by atoms with Crippen molar-refractivity contribution in [2.45, 2.75) is 45.6 Å². The van der Waals surface area contributed by atoms with Crippen LogP contribution in [0.4, 0.5) is 0 Å². The van der Waals surface area contributed by atoms with Gasteiger partial charge in [-0.15, -0.1) is 0 Å². The van der Waals surface area contributed by atoms with E-state index in [1.165, 1.54) is 31.2 Å². The number of benzene rings is 1. The number of aromatic nitrogens is 1. The van der Waals surface area contributed by atoms with Crippen molar-refractivity contribution in [1.82, 2.24) is 4.98 Å². The van der Waals surface area contributed by atoms with Gasteiger partial charge in [0, 0.05) is 17.6 Å². The van der Waals surface area contributed by atoms with Gasteiger partial charge >= 0.3 is 0 Å². The van der Waals surface area contributed by atoms with Gasteiger partial charge in [-0.3, -0.25) is 4.79 Å². The molecule has 3 N–H and O–H groups in total. The van der Waals surface area contributed by atoms with Gasteiger partial charge in [0.1, 0.15) is 0 Å². The van der Waals surface area contributed by atoms with E-state index in [0.29, 0.717) is 6.04 Å². The van der Waals surface area contributed by atoms with Crippen molar-refractivity contribution >= 4 is 10.8 Å². The van der Waals surface area contributed by atoms with Crippen molar-refractivity contribution in [2.75, 3.05) is 0 Å². The van der Waals surface area contributed by atoms with Crippen LogP contribution in [0, 0.1) is 12.8 Å². The van der Waals surface area contributed by atoms with Crippen LogP contribution in [0.15, 0.2) is 35.3 Å². The number of aryl methyl sites for hydroxylation is 1. The number of H-pyrrole nitrogens is 1. The van der Waals surface area contributed by atoms with Crippen LogP contribution < -0.4 is 11.3 Å². The SMILES string of the molecule is CC1CCC(N)CC1.Cc1ccc2c(=O)[nH]ccc2c1. The number of aromatic amines is 1. The van der Waals surface area contributed by atoms with Crippen molar-refractivity contribution in [2.24, 2.45) is 11.7 Å². The molecular formula is C17H24N2O. The van der Waals surface area contributed by atoms with Crippen molar-refractivity contribution in [3.05, 3.63) is 46.4 Å². The fourth-order valence-electron chi connectivity index (χ4n) is 2.60. The third kappa shape index (κ3) is 3.94. The van der Waals surface area contributed by atoms with Gasteiger partial charge in [-0.2, -0.15) is 0 Å². The van der Waals surface area contributed by atoms with Gasteiger partial charge in [0.25, 0.3) is 5.56 Å². The van der Waals surface area contributed by atoms with Crippen LogP contribution in [-0.4, -0.2) is 11.0 Å². The first kappa shape index (κ1) is 14.8. The Morgan fingerprint density at radius 1 is 1.15 bits per heavy atom. The third-order valence-corrected chi connectivity index (χ3v) is 3.99. The number of nitrogens with two attached hydrogens (primary N) is 1. The quantitative estimate of drug-likeness (QED) is 0.772. The van der Waals surface area contributed by atoms with Gasteiger partial charge in [0.05, 0.1) is 0 Å². The highest BCUT2D eigenvalue weighted by atomic mass is 16.1. The molecule has 1 aromatic carbocycles. The standard InChI is InChI=1S/C10H9NO.C7H15N/c1-7-2-3-9-8(6-7)4-5-11-10(9)12;1-6-2-4-7(8)5-3-6/h2-6H,1H3,(H,11,12);6-7H,2-5,8H2,1H3. The topological polar surface area (TPSA) is 58.9 Å². The number of nitrogens with one attached hydrogen (secondary N) is 1. The number of hydrogen-bond acceptors (Lipinski definition) is 2. The van der Waals surface area contributed by atoms with Crippen LogP contribution in [0.25, 0.3) is 10.8 Å². The average Bonchev–Trinajstić information content (AvgIpc) is 2.43. The molecule has 0 radical (unpaired) electrons. The van der Waals surface area contributed by atoms with Crippen LogP contribution >= 0.6 is 0 Å². The van der Waals surface area contributed by atoms with Crippen molar-refractivity contribution in [3.63, 3.8) is 0 Å². The van der Waals surface area contributed by atoms with E-state index < -0.39 is 0 Å². The maximum absolute atomic E-state index is 11.2. The van der Waals surface area contributed by atoms with Crippen molar-refractivity contribution in [1.29, 1.82) is 0 Å². The van der Waals surface area contributed by atoms with Gasteiger partial charge in [0.2, 0.25) is 0 Å². The Morgan fingerprint density at radius 3 is 2.50 bits per heavy atom. The molecule has 108 valence electrons. The molecule has 0 aliphatic heterocycles. The summed E-state index contributed by atoms with van der Waals surface area (Å²) in [7, 11) is 0. The molecule has 1 saturated carbocycles. The molecule has 1 aromatic heterocycles. The van der Waals surface area contributed by atoms with Crippen molar-refractivity contribution < 1.29 is 0 Å². The summed E-state index contributed by atoms with van der Waals surface area (Å²) >= 11 is 0. The first-order valence-corrected chi connectivity index (χ1v) is 7.40. The molecule has 3 nitrogen and oxygen atoms in total. The molecule has 0 saturated heterocycles. The second-order valence-electron chi connectivity index (χ2n) is 5.92. The number of fused-ring (bicyclic) bond motifs is 1. The van der Waals surface area contributed by atoms with Crippen LogP contribution in [0.5, 0.6) is 0 Å². The monoisotopic (exact) mass is 272 g/mol. The lowest BCUT2D eigenvalue weighted by Crippen LogP contribution is -2.25. The average molecular weight is 272 g/mol. The van der Waals surface area contributed by atoms with Gasteiger partial charge < -0.3 is 10.7 Å². The number of rotatable bonds is 0. The maximum atomic E-state index is 11.2. The van der Waals surface area contributed by atoms with Gasteiger partial charge in [-0.1, -0.05) is 24.6 Å². The number of pyridine rings is 1. The maximum Gasteiger partial charge on any atom is 0.255 e. The van der Waals surface area contributed by atoms with Crippen LogP contribution in [0.2, 0.25) is 0 Å². The molecule has 0 spiro atoms. The second kappa shape index (κ2) is 6.71.